The molecule has 0 N–H and O–H groups in total. The van der Waals surface area contributed by atoms with Crippen LogP contribution in [0.1, 0.15) is 23.2 Å². The zero-order valence-electron chi connectivity index (χ0n) is 10.7. The lowest BCUT2D eigenvalue weighted by molar-refractivity contribution is -0.135. The number of benzene rings is 1. The summed E-state index contributed by atoms with van der Waals surface area (Å²) >= 11 is 0. The topological polar surface area (TPSA) is 46.6 Å². The number of amides is 1. The number of carbonyl (C=O) groups excluding carboxylic acids is 2. The number of fused-ring (bicyclic) bond motifs is 1. The zero-order valence-corrected chi connectivity index (χ0v) is 10.7. The summed E-state index contributed by atoms with van der Waals surface area (Å²) < 4.78 is 41.5. The van der Waals surface area contributed by atoms with Gasteiger partial charge in [0.1, 0.15) is 5.75 Å². The van der Waals surface area contributed by atoms with Crippen molar-refractivity contribution >= 4 is 17.4 Å². The number of Topliss-reactive ketones (excluding diaryl/α,β-unsaturated/α-hetero) is 1. The molecule has 7 heteroatoms. The number of para-hydroxylation sites is 1. The van der Waals surface area contributed by atoms with Crippen molar-refractivity contribution in [2.75, 3.05) is 18.6 Å². The monoisotopic (exact) mass is 287 g/mol. The summed E-state index contributed by atoms with van der Waals surface area (Å²) in [6.45, 7) is -0.169. The van der Waals surface area contributed by atoms with Crippen LogP contribution in [0.4, 0.5) is 18.9 Å². The predicted molar refractivity (Wildman–Crippen MR) is 65.0 cm³/mol. The standard InChI is InChI=1S/C13H12F3NO3/c1-20-9-5-2-4-8-10(9)17(12(19)11(8)18)7-3-6-13(14,15)16/h2,4-5H,3,6-7H2,1H3. The summed E-state index contributed by atoms with van der Waals surface area (Å²) in [5.74, 6) is -1.23. The van der Waals surface area contributed by atoms with Gasteiger partial charge < -0.3 is 9.64 Å². The van der Waals surface area contributed by atoms with Gasteiger partial charge in [-0.05, 0) is 18.6 Å². The zero-order chi connectivity index (χ0) is 14.9. The van der Waals surface area contributed by atoms with E-state index in [0.29, 0.717) is 5.75 Å². The van der Waals surface area contributed by atoms with E-state index < -0.39 is 24.3 Å². The fourth-order valence-corrected chi connectivity index (χ4v) is 2.14. The van der Waals surface area contributed by atoms with E-state index in [-0.39, 0.29) is 24.2 Å². The van der Waals surface area contributed by atoms with Gasteiger partial charge in [0, 0.05) is 13.0 Å². The minimum Gasteiger partial charge on any atom is -0.495 e. The Morgan fingerprint density at radius 1 is 1.25 bits per heavy atom. The third-order valence-corrected chi connectivity index (χ3v) is 3.01. The summed E-state index contributed by atoms with van der Waals surface area (Å²) in [5, 5.41) is 0. The molecular weight excluding hydrogens is 275 g/mol. The van der Waals surface area contributed by atoms with Crippen molar-refractivity contribution in [1.82, 2.24) is 0 Å². The first kappa shape index (κ1) is 14.4. The van der Waals surface area contributed by atoms with Crippen molar-refractivity contribution in [2.45, 2.75) is 19.0 Å². The average Bonchev–Trinajstić information content (AvgIpc) is 2.62. The molecule has 1 amide bonds. The van der Waals surface area contributed by atoms with E-state index in [4.69, 9.17) is 4.74 Å². The summed E-state index contributed by atoms with van der Waals surface area (Å²) in [7, 11) is 1.37. The molecular formula is C13H12F3NO3. The number of alkyl halides is 3. The van der Waals surface area contributed by atoms with Crippen molar-refractivity contribution in [1.29, 1.82) is 0 Å². The van der Waals surface area contributed by atoms with Crippen molar-refractivity contribution in [3.63, 3.8) is 0 Å². The molecule has 2 rings (SSSR count). The fourth-order valence-electron chi connectivity index (χ4n) is 2.14. The molecule has 0 aliphatic carbocycles. The number of halogens is 3. The molecule has 0 saturated carbocycles. The van der Waals surface area contributed by atoms with Gasteiger partial charge >= 0.3 is 6.18 Å². The number of anilines is 1. The highest BCUT2D eigenvalue weighted by molar-refractivity contribution is 6.52. The Kier molecular flexibility index (Phi) is 3.69. The molecule has 108 valence electrons. The third-order valence-electron chi connectivity index (χ3n) is 3.01. The number of methoxy groups -OCH3 is 1. The van der Waals surface area contributed by atoms with Gasteiger partial charge in [-0.3, -0.25) is 9.59 Å². The van der Waals surface area contributed by atoms with E-state index in [9.17, 15) is 22.8 Å². The lowest BCUT2D eigenvalue weighted by Gasteiger charge is -2.19. The Hall–Kier alpha value is -2.05. The molecule has 0 saturated heterocycles. The summed E-state index contributed by atoms with van der Waals surface area (Å²) in [5.41, 5.74) is 0.425. The maximum absolute atomic E-state index is 12.1. The lowest BCUT2D eigenvalue weighted by Crippen LogP contribution is -2.31. The lowest BCUT2D eigenvalue weighted by atomic mass is 10.1. The van der Waals surface area contributed by atoms with Gasteiger partial charge in [0.2, 0.25) is 0 Å². The highest BCUT2D eigenvalue weighted by atomic mass is 19.4. The van der Waals surface area contributed by atoms with Crippen molar-refractivity contribution < 1.29 is 27.5 Å². The molecule has 1 aromatic rings. The van der Waals surface area contributed by atoms with Gasteiger partial charge in [0.15, 0.2) is 0 Å². The fraction of sp³-hybridized carbons (Fsp3) is 0.385. The van der Waals surface area contributed by atoms with Crippen molar-refractivity contribution in [3.8, 4) is 5.75 Å². The number of rotatable bonds is 4. The van der Waals surface area contributed by atoms with Crippen LogP contribution in [-0.4, -0.2) is 31.5 Å². The normalized spacial score (nSPS) is 14.7. The predicted octanol–water partition coefficient (Wildman–Crippen LogP) is 2.57. The molecule has 0 unspecified atom stereocenters. The highest BCUT2D eigenvalue weighted by Crippen LogP contribution is 2.38. The second-order valence-electron chi connectivity index (χ2n) is 4.36. The van der Waals surface area contributed by atoms with Crippen LogP contribution in [0.3, 0.4) is 0 Å². The third kappa shape index (κ3) is 2.61. The Labute approximate surface area is 113 Å². The van der Waals surface area contributed by atoms with Crippen LogP contribution in [0.25, 0.3) is 0 Å². The Balaban J connectivity index is 2.23. The smallest absolute Gasteiger partial charge is 0.389 e. The second-order valence-corrected chi connectivity index (χ2v) is 4.36. The summed E-state index contributed by atoms with van der Waals surface area (Å²) in [4.78, 5) is 24.6. The maximum atomic E-state index is 12.1. The van der Waals surface area contributed by atoms with E-state index in [0.717, 1.165) is 4.90 Å². The molecule has 20 heavy (non-hydrogen) atoms. The van der Waals surface area contributed by atoms with Gasteiger partial charge in [-0.15, -0.1) is 0 Å². The first-order chi connectivity index (χ1) is 9.35. The van der Waals surface area contributed by atoms with Gasteiger partial charge in [-0.1, -0.05) is 6.07 Å². The van der Waals surface area contributed by atoms with Crippen LogP contribution >= 0.6 is 0 Å². The van der Waals surface area contributed by atoms with Crippen LogP contribution < -0.4 is 9.64 Å². The van der Waals surface area contributed by atoms with E-state index in [1.165, 1.54) is 13.2 Å². The van der Waals surface area contributed by atoms with Crippen LogP contribution in [0, 0.1) is 0 Å². The van der Waals surface area contributed by atoms with Crippen LogP contribution in [0.15, 0.2) is 18.2 Å². The molecule has 4 nitrogen and oxygen atoms in total. The SMILES string of the molecule is COc1cccc2c1N(CCCC(F)(F)F)C(=O)C2=O. The largest absolute Gasteiger partial charge is 0.495 e. The quantitative estimate of drug-likeness (QED) is 0.800. The molecule has 0 fully saturated rings. The molecule has 0 spiro atoms. The van der Waals surface area contributed by atoms with Gasteiger partial charge in [0.25, 0.3) is 11.7 Å². The average molecular weight is 287 g/mol. The van der Waals surface area contributed by atoms with Crippen LogP contribution in [-0.2, 0) is 4.79 Å². The number of ketones is 1. The molecule has 0 atom stereocenters. The molecule has 1 heterocycles. The minimum atomic E-state index is -4.28. The number of hydrogen-bond acceptors (Lipinski definition) is 3. The maximum Gasteiger partial charge on any atom is 0.389 e. The molecule has 1 aliphatic heterocycles. The molecule has 0 radical (unpaired) electrons. The molecule has 0 bridgehead atoms. The van der Waals surface area contributed by atoms with Crippen LogP contribution in [0.5, 0.6) is 5.75 Å². The Morgan fingerprint density at radius 3 is 2.55 bits per heavy atom. The van der Waals surface area contributed by atoms with E-state index in [2.05, 4.69) is 0 Å². The number of carbonyl (C=O) groups is 2. The van der Waals surface area contributed by atoms with E-state index in [1.807, 2.05) is 0 Å². The number of nitrogens with zero attached hydrogens (tertiary/aromatic N) is 1. The Bertz CT molecular complexity index is 554. The van der Waals surface area contributed by atoms with Gasteiger partial charge in [-0.25, -0.2) is 0 Å². The Morgan fingerprint density at radius 2 is 1.95 bits per heavy atom. The van der Waals surface area contributed by atoms with E-state index in [1.54, 1.807) is 12.1 Å². The van der Waals surface area contributed by atoms with Gasteiger partial charge in [0.05, 0.1) is 18.4 Å². The highest BCUT2D eigenvalue weighted by Gasteiger charge is 2.38. The first-order valence-electron chi connectivity index (χ1n) is 5.95. The van der Waals surface area contributed by atoms with Crippen molar-refractivity contribution in [3.05, 3.63) is 23.8 Å². The summed E-state index contributed by atoms with van der Waals surface area (Å²) in [6, 6.07) is 4.57. The number of hydrogen-bond donors (Lipinski definition) is 0. The van der Waals surface area contributed by atoms with E-state index >= 15 is 0 Å². The number of ether oxygens (including phenoxy) is 1. The minimum absolute atomic E-state index is 0.168. The first-order valence-corrected chi connectivity index (χ1v) is 5.95. The molecule has 1 aliphatic rings. The van der Waals surface area contributed by atoms with Crippen molar-refractivity contribution in [2.24, 2.45) is 0 Å². The second kappa shape index (κ2) is 5.15. The summed E-state index contributed by atoms with van der Waals surface area (Å²) in [6.07, 6.45) is -5.55. The molecule has 0 aromatic heterocycles. The van der Waals surface area contributed by atoms with Crippen LogP contribution in [0.2, 0.25) is 0 Å². The molecule has 1 aromatic carbocycles. The van der Waals surface area contributed by atoms with Gasteiger partial charge in [-0.2, -0.15) is 13.2 Å².